The van der Waals surface area contributed by atoms with Crippen LogP contribution in [0.25, 0.3) is 0 Å². The number of carbonyl (C=O) groups is 2. The summed E-state index contributed by atoms with van der Waals surface area (Å²) in [6.45, 7) is 8.11. The molecule has 1 aliphatic rings. The van der Waals surface area contributed by atoms with E-state index in [2.05, 4.69) is 12.2 Å². The number of rotatable bonds is 8. The number of piperazine rings is 1. The van der Waals surface area contributed by atoms with Crippen LogP contribution in [0.3, 0.4) is 0 Å². The van der Waals surface area contributed by atoms with Crippen LogP contribution < -0.4 is 5.32 Å². The number of nitrogens with one attached hydrogen (secondary N) is 1. The Kier molecular flexibility index (Phi) is 6.28. The van der Waals surface area contributed by atoms with E-state index in [1.165, 1.54) is 0 Å². The zero-order valence-electron chi connectivity index (χ0n) is 12.3. The Morgan fingerprint density at radius 3 is 2.47 bits per heavy atom. The van der Waals surface area contributed by atoms with Gasteiger partial charge in [-0.25, -0.2) is 0 Å². The van der Waals surface area contributed by atoms with Crippen molar-refractivity contribution in [3.05, 3.63) is 0 Å². The van der Waals surface area contributed by atoms with E-state index in [0.29, 0.717) is 26.0 Å². The third kappa shape index (κ3) is 3.93. The van der Waals surface area contributed by atoms with Crippen LogP contribution in [0.4, 0.5) is 0 Å². The van der Waals surface area contributed by atoms with E-state index < -0.39 is 5.54 Å². The van der Waals surface area contributed by atoms with Crippen molar-refractivity contribution < 1.29 is 14.3 Å². The third-order valence-corrected chi connectivity index (χ3v) is 3.68. The van der Waals surface area contributed by atoms with Crippen molar-refractivity contribution in [2.24, 2.45) is 0 Å². The molecule has 0 spiro atoms. The fourth-order valence-corrected chi connectivity index (χ4v) is 2.42. The van der Waals surface area contributed by atoms with Crippen LogP contribution in [-0.4, -0.2) is 48.6 Å². The number of hydrogen-bond acceptors (Lipinski definition) is 3. The van der Waals surface area contributed by atoms with Crippen LogP contribution in [-0.2, 0) is 14.3 Å². The summed E-state index contributed by atoms with van der Waals surface area (Å²) in [7, 11) is 0. The molecule has 2 amide bonds. The molecule has 110 valence electrons. The topological polar surface area (TPSA) is 58.6 Å². The van der Waals surface area contributed by atoms with Crippen molar-refractivity contribution in [1.82, 2.24) is 10.2 Å². The van der Waals surface area contributed by atoms with Crippen molar-refractivity contribution in [3.63, 3.8) is 0 Å². The number of nitrogens with zero attached hydrogens (tertiary/aromatic N) is 1. The molecule has 1 aliphatic heterocycles. The SMILES string of the molecule is CCCOCCCN1CC(=O)NC(CC)(CC)C1=O. The Balaban J connectivity index is 2.53. The van der Waals surface area contributed by atoms with Gasteiger partial charge in [-0.05, 0) is 25.7 Å². The molecule has 0 aromatic carbocycles. The monoisotopic (exact) mass is 270 g/mol. The first-order valence-corrected chi connectivity index (χ1v) is 7.27. The minimum Gasteiger partial charge on any atom is -0.381 e. The summed E-state index contributed by atoms with van der Waals surface area (Å²) >= 11 is 0. The Morgan fingerprint density at radius 2 is 1.89 bits per heavy atom. The van der Waals surface area contributed by atoms with Crippen LogP contribution in [0, 0.1) is 0 Å². The maximum atomic E-state index is 12.4. The molecule has 0 saturated carbocycles. The van der Waals surface area contributed by atoms with Crippen molar-refractivity contribution in [2.75, 3.05) is 26.3 Å². The average molecular weight is 270 g/mol. The molecule has 0 aromatic heterocycles. The molecule has 19 heavy (non-hydrogen) atoms. The van der Waals surface area contributed by atoms with Gasteiger partial charge in [-0.15, -0.1) is 0 Å². The van der Waals surface area contributed by atoms with Crippen LogP contribution in [0.2, 0.25) is 0 Å². The van der Waals surface area contributed by atoms with E-state index in [9.17, 15) is 9.59 Å². The van der Waals surface area contributed by atoms with Gasteiger partial charge < -0.3 is 15.0 Å². The van der Waals surface area contributed by atoms with Gasteiger partial charge in [-0.3, -0.25) is 9.59 Å². The van der Waals surface area contributed by atoms with Crippen molar-refractivity contribution in [2.45, 2.75) is 52.0 Å². The molecule has 0 atom stereocenters. The summed E-state index contributed by atoms with van der Waals surface area (Å²) in [5.74, 6) is -0.00892. The lowest BCUT2D eigenvalue weighted by atomic mass is 9.89. The third-order valence-electron chi connectivity index (χ3n) is 3.68. The van der Waals surface area contributed by atoms with Gasteiger partial charge in [-0.2, -0.15) is 0 Å². The van der Waals surface area contributed by atoms with Gasteiger partial charge >= 0.3 is 0 Å². The molecule has 1 heterocycles. The predicted molar refractivity (Wildman–Crippen MR) is 73.8 cm³/mol. The number of amides is 2. The molecule has 0 bridgehead atoms. The molecule has 0 aliphatic carbocycles. The second-order valence-corrected chi connectivity index (χ2v) is 5.03. The summed E-state index contributed by atoms with van der Waals surface area (Å²) in [6, 6.07) is 0. The molecule has 0 unspecified atom stereocenters. The van der Waals surface area contributed by atoms with Crippen molar-refractivity contribution in [1.29, 1.82) is 0 Å². The minimum absolute atomic E-state index is 0.0487. The van der Waals surface area contributed by atoms with E-state index in [1.807, 2.05) is 13.8 Å². The molecule has 1 rings (SSSR count). The highest BCUT2D eigenvalue weighted by Crippen LogP contribution is 2.22. The van der Waals surface area contributed by atoms with E-state index in [0.717, 1.165) is 19.4 Å². The molecule has 5 nitrogen and oxygen atoms in total. The second kappa shape index (κ2) is 7.48. The van der Waals surface area contributed by atoms with E-state index in [-0.39, 0.29) is 18.4 Å². The lowest BCUT2D eigenvalue weighted by Crippen LogP contribution is -2.66. The smallest absolute Gasteiger partial charge is 0.248 e. The van der Waals surface area contributed by atoms with Gasteiger partial charge in [0.2, 0.25) is 11.8 Å². The first-order valence-electron chi connectivity index (χ1n) is 7.27. The van der Waals surface area contributed by atoms with E-state index >= 15 is 0 Å². The Bertz CT molecular complexity index is 314. The number of carbonyl (C=O) groups excluding carboxylic acids is 2. The fourth-order valence-electron chi connectivity index (χ4n) is 2.42. The Hall–Kier alpha value is -1.10. The van der Waals surface area contributed by atoms with Crippen LogP contribution in [0.1, 0.15) is 46.5 Å². The zero-order chi connectivity index (χ0) is 14.3. The zero-order valence-corrected chi connectivity index (χ0v) is 12.3. The van der Waals surface area contributed by atoms with Gasteiger partial charge in [0.1, 0.15) is 5.54 Å². The van der Waals surface area contributed by atoms with Gasteiger partial charge in [0.15, 0.2) is 0 Å². The van der Waals surface area contributed by atoms with E-state index in [1.54, 1.807) is 4.90 Å². The number of ether oxygens (including phenoxy) is 1. The maximum absolute atomic E-state index is 12.4. The molecule has 0 aromatic rings. The molecule has 0 radical (unpaired) electrons. The second-order valence-electron chi connectivity index (χ2n) is 5.03. The average Bonchev–Trinajstić information content (AvgIpc) is 2.42. The van der Waals surface area contributed by atoms with Crippen LogP contribution in [0.5, 0.6) is 0 Å². The van der Waals surface area contributed by atoms with Gasteiger partial charge in [0.25, 0.3) is 0 Å². The van der Waals surface area contributed by atoms with Crippen molar-refractivity contribution in [3.8, 4) is 0 Å². The number of hydrogen-bond donors (Lipinski definition) is 1. The fraction of sp³-hybridized carbons (Fsp3) is 0.857. The van der Waals surface area contributed by atoms with Crippen LogP contribution >= 0.6 is 0 Å². The highest BCUT2D eigenvalue weighted by atomic mass is 16.5. The largest absolute Gasteiger partial charge is 0.381 e. The summed E-state index contributed by atoms with van der Waals surface area (Å²) in [5.41, 5.74) is -0.695. The van der Waals surface area contributed by atoms with Crippen molar-refractivity contribution >= 4 is 11.8 Å². The van der Waals surface area contributed by atoms with E-state index in [4.69, 9.17) is 4.74 Å². The maximum Gasteiger partial charge on any atom is 0.248 e. The summed E-state index contributed by atoms with van der Waals surface area (Å²) in [6.07, 6.45) is 3.05. The van der Waals surface area contributed by atoms with Gasteiger partial charge in [0, 0.05) is 19.8 Å². The first-order chi connectivity index (χ1) is 9.09. The summed E-state index contributed by atoms with van der Waals surface area (Å²) in [5, 5.41) is 2.86. The molecule has 1 saturated heterocycles. The van der Waals surface area contributed by atoms with Crippen LogP contribution in [0.15, 0.2) is 0 Å². The minimum atomic E-state index is -0.695. The highest BCUT2D eigenvalue weighted by Gasteiger charge is 2.43. The summed E-state index contributed by atoms with van der Waals surface area (Å²) in [4.78, 5) is 25.9. The van der Waals surface area contributed by atoms with Gasteiger partial charge in [0.05, 0.1) is 6.54 Å². The van der Waals surface area contributed by atoms with Gasteiger partial charge in [-0.1, -0.05) is 20.8 Å². The first kappa shape index (κ1) is 16.0. The highest BCUT2D eigenvalue weighted by molar-refractivity contribution is 5.97. The predicted octanol–water partition coefficient (Wildman–Crippen LogP) is 1.32. The molecular formula is C14H26N2O3. The Morgan fingerprint density at radius 1 is 1.21 bits per heavy atom. The lowest BCUT2D eigenvalue weighted by molar-refractivity contribution is -0.150. The summed E-state index contributed by atoms with van der Waals surface area (Å²) < 4.78 is 5.40. The molecule has 1 fully saturated rings. The standard InChI is InChI=1S/C14H26N2O3/c1-4-9-19-10-7-8-16-11-12(17)15-14(5-2,6-3)13(16)18/h4-11H2,1-3H3,(H,15,17). The normalized spacial score (nSPS) is 18.6. The molecular weight excluding hydrogens is 244 g/mol. The quantitative estimate of drug-likeness (QED) is 0.677. The lowest BCUT2D eigenvalue weighted by Gasteiger charge is -2.41. The molecule has 1 N–H and O–H groups in total. The molecule has 5 heteroatoms. The Labute approximate surface area is 115 Å².